The van der Waals surface area contributed by atoms with Gasteiger partial charge in [-0.3, -0.25) is 14.4 Å². The summed E-state index contributed by atoms with van der Waals surface area (Å²) in [5, 5.41) is 7.86. The number of nitrogens with one attached hydrogen (secondary N) is 1. The summed E-state index contributed by atoms with van der Waals surface area (Å²) in [5.41, 5.74) is 2.41. The van der Waals surface area contributed by atoms with E-state index in [0.29, 0.717) is 10.7 Å². The molecule has 0 bridgehead atoms. The molecule has 1 unspecified atom stereocenters. The van der Waals surface area contributed by atoms with Gasteiger partial charge in [-0.1, -0.05) is 55.8 Å². The van der Waals surface area contributed by atoms with Crippen molar-refractivity contribution in [3.8, 4) is 0 Å². The fourth-order valence-electron chi connectivity index (χ4n) is 3.67. The van der Waals surface area contributed by atoms with E-state index in [2.05, 4.69) is 53.4 Å². The lowest BCUT2D eigenvalue weighted by atomic mass is 9.79. The van der Waals surface area contributed by atoms with Crippen LogP contribution < -0.4 is 5.32 Å². The number of aromatic nitrogens is 2. The van der Waals surface area contributed by atoms with Crippen LogP contribution in [0.15, 0.2) is 30.3 Å². The van der Waals surface area contributed by atoms with Crippen molar-refractivity contribution in [2.24, 2.45) is 12.5 Å². The molecule has 1 N–H and O–H groups in total. The molecule has 2 heterocycles. The highest BCUT2D eigenvalue weighted by molar-refractivity contribution is 6.34. The van der Waals surface area contributed by atoms with Gasteiger partial charge in [-0.25, -0.2) is 0 Å². The predicted octanol–water partition coefficient (Wildman–Crippen LogP) is 3.41. The number of carbonyl (C=O) groups is 1. The Morgan fingerprint density at radius 2 is 2.04 bits per heavy atom. The van der Waals surface area contributed by atoms with Crippen molar-refractivity contribution in [3.05, 3.63) is 52.3 Å². The predicted molar refractivity (Wildman–Crippen MR) is 104 cm³/mol. The Labute approximate surface area is 160 Å². The number of halogens is 1. The third-order valence-corrected chi connectivity index (χ3v) is 5.79. The fraction of sp³-hybridized carbons (Fsp3) is 0.500. The number of likely N-dealkylation sites (tertiary alicyclic amines) is 1. The number of hydrogen-bond donors (Lipinski definition) is 1. The first-order valence-corrected chi connectivity index (χ1v) is 9.42. The van der Waals surface area contributed by atoms with E-state index in [9.17, 15) is 4.79 Å². The highest BCUT2D eigenvalue weighted by Crippen LogP contribution is 2.31. The number of hydrogen-bond acceptors (Lipinski definition) is 3. The number of piperidine rings is 1. The lowest BCUT2D eigenvalue weighted by molar-refractivity contribution is 0.0613. The molecule has 1 amide bonds. The van der Waals surface area contributed by atoms with Crippen molar-refractivity contribution in [1.29, 1.82) is 0 Å². The van der Waals surface area contributed by atoms with Crippen LogP contribution in [0.1, 0.15) is 42.0 Å². The van der Waals surface area contributed by atoms with Crippen molar-refractivity contribution in [3.63, 3.8) is 0 Å². The van der Waals surface area contributed by atoms with Gasteiger partial charge < -0.3 is 5.32 Å². The zero-order valence-electron chi connectivity index (χ0n) is 15.9. The molecule has 0 spiro atoms. The van der Waals surface area contributed by atoms with Gasteiger partial charge in [-0.05, 0) is 24.3 Å². The number of amides is 1. The molecule has 5 nitrogen and oxygen atoms in total. The van der Waals surface area contributed by atoms with Crippen LogP contribution in [0.2, 0.25) is 5.02 Å². The van der Waals surface area contributed by atoms with Gasteiger partial charge in [0.05, 0.1) is 10.7 Å². The molecular weight excluding hydrogens is 348 g/mol. The molecule has 1 atom stereocenters. The lowest BCUT2D eigenvalue weighted by Gasteiger charge is -2.44. The van der Waals surface area contributed by atoms with Crippen LogP contribution in [0.5, 0.6) is 0 Å². The average molecular weight is 375 g/mol. The maximum Gasteiger partial charge on any atom is 0.273 e. The zero-order valence-corrected chi connectivity index (χ0v) is 16.7. The Kier molecular flexibility index (Phi) is 5.39. The van der Waals surface area contributed by atoms with Crippen LogP contribution >= 0.6 is 11.6 Å². The van der Waals surface area contributed by atoms with Crippen LogP contribution in [-0.2, 0) is 13.6 Å². The van der Waals surface area contributed by atoms with E-state index in [4.69, 9.17) is 11.6 Å². The Morgan fingerprint density at radius 1 is 1.35 bits per heavy atom. The standard InChI is InChI=1S/C20H27ClN4O/c1-14-17(21)18(23-24(14)4)19(26)22-16-10-11-25(13-20(16,2)3)12-15-8-6-5-7-9-15/h5-9,16H,10-13H2,1-4H3,(H,22,26). The largest absolute Gasteiger partial charge is 0.347 e. The van der Waals surface area contributed by atoms with Crippen LogP contribution in [-0.4, -0.2) is 39.7 Å². The molecule has 2 aromatic rings. The van der Waals surface area contributed by atoms with Crippen LogP contribution in [0.25, 0.3) is 0 Å². The highest BCUT2D eigenvalue weighted by atomic mass is 35.5. The lowest BCUT2D eigenvalue weighted by Crippen LogP contribution is -2.55. The average Bonchev–Trinajstić information content (AvgIpc) is 2.85. The first kappa shape index (κ1) is 18.9. The minimum atomic E-state index is -0.187. The molecule has 1 aliphatic heterocycles. The Morgan fingerprint density at radius 3 is 2.62 bits per heavy atom. The second-order valence-electron chi connectivity index (χ2n) is 7.87. The summed E-state index contributed by atoms with van der Waals surface area (Å²) >= 11 is 6.26. The molecule has 26 heavy (non-hydrogen) atoms. The maximum absolute atomic E-state index is 12.7. The highest BCUT2D eigenvalue weighted by Gasteiger charge is 2.37. The van der Waals surface area contributed by atoms with E-state index in [0.717, 1.165) is 31.7 Å². The summed E-state index contributed by atoms with van der Waals surface area (Å²) in [7, 11) is 1.80. The van der Waals surface area contributed by atoms with Crippen molar-refractivity contribution < 1.29 is 4.79 Å². The molecule has 1 aromatic heterocycles. The topological polar surface area (TPSA) is 50.2 Å². The number of aryl methyl sites for hydroxylation is 1. The SMILES string of the molecule is Cc1c(Cl)c(C(=O)NC2CCN(Cc3ccccc3)CC2(C)C)nn1C. The van der Waals surface area contributed by atoms with E-state index in [1.165, 1.54) is 5.56 Å². The molecule has 0 aliphatic carbocycles. The van der Waals surface area contributed by atoms with Crippen molar-refractivity contribution in [1.82, 2.24) is 20.0 Å². The smallest absolute Gasteiger partial charge is 0.273 e. The van der Waals surface area contributed by atoms with Gasteiger partial charge in [0.1, 0.15) is 0 Å². The molecular formula is C20H27ClN4O. The molecule has 6 heteroatoms. The van der Waals surface area contributed by atoms with E-state index < -0.39 is 0 Å². The quantitative estimate of drug-likeness (QED) is 0.892. The monoisotopic (exact) mass is 374 g/mol. The normalized spacial score (nSPS) is 20.1. The summed E-state index contributed by atoms with van der Waals surface area (Å²) in [6.07, 6.45) is 0.912. The minimum absolute atomic E-state index is 0.0288. The molecule has 1 aromatic carbocycles. The third-order valence-electron chi connectivity index (χ3n) is 5.34. The molecule has 1 saturated heterocycles. The number of benzene rings is 1. The summed E-state index contributed by atoms with van der Waals surface area (Å²) in [4.78, 5) is 15.1. The summed E-state index contributed by atoms with van der Waals surface area (Å²) in [6, 6.07) is 10.6. The summed E-state index contributed by atoms with van der Waals surface area (Å²) in [6.45, 7) is 9.11. The van der Waals surface area contributed by atoms with Gasteiger partial charge in [0.25, 0.3) is 5.91 Å². The van der Waals surface area contributed by atoms with Crippen molar-refractivity contribution in [2.45, 2.75) is 39.8 Å². The zero-order chi connectivity index (χ0) is 18.9. The van der Waals surface area contributed by atoms with Gasteiger partial charge in [-0.2, -0.15) is 5.10 Å². The maximum atomic E-state index is 12.7. The van der Waals surface area contributed by atoms with Crippen LogP contribution in [0.3, 0.4) is 0 Å². The Bertz CT molecular complexity index is 785. The van der Waals surface area contributed by atoms with Gasteiger partial charge >= 0.3 is 0 Å². The van der Waals surface area contributed by atoms with Gasteiger partial charge in [-0.15, -0.1) is 0 Å². The van der Waals surface area contributed by atoms with Crippen LogP contribution in [0.4, 0.5) is 0 Å². The summed E-state index contributed by atoms with van der Waals surface area (Å²) < 4.78 is 1.64. The number of rotatable bonds is 4. The second-order valence-corrected chi connectivity index (χ2v) is 8.25. The minimum Gasteiger partial charge on any atom is -0.347 e. The number of nitrogens with zero attached hydrogens (tertiary/aromatic N) is 3. The van der Waals surface area contributed by atoms with Crippen molar-refractivity contribution in [2.75, 3.05) is 13.1 Å². The Hall–Kier alpha value is -1.85. The van der Waals surface area contributed by atoms with Gasteiger partial charge in [0.15, 0.2) is 5.69 Å². The molecule has 140 valence electrons. The first-order valence-electron chi connectivity index (χ1n) is 9.04. The fourth-order valence-corrected chi connectivity index (χ4v) is 3.91. The van der Waals surface area contributed by atoms with E-state index in [1.807, 2.05) is 13.0 Å². The Balaban J connectivity index is 1.65. The second kappa shape index (κ2) is 7.41. The number of carbonyl (C=O) groups excluding carboxylic acids is 1. The molecule has 0 radical (unpaired) electrons. The van der Waals surface area contributed by atoms with Gasteiger partial charge in [0.2, 0.25) is 0 Å². The third kappa shape index (κ3) is 3.94. The van der Waals surface area contributed by atoms with E-state index in [-0.39, 0.29) is 17.4 Å². The molecule has 0 saturated carbocycles. The van der Waals surface area contributed by atoms with Crippen LogP contribution in [0, 0.1) is 12.3 Å². The molecule has 1 fully saturated rings. The van der Waals surface area contributed by atoms with Gasteiger partial charge in [0, 0.05) is 32.7 Å². The van der Waals surface area contributed by atoms with E-state index >= 15 is 0 Å². The van der Waals surface area contributed by atoms with E-state index in [1.54, 1.807) is 11.7 Å². The molecule has 3 rings (SSSR count). The first-order chi connectivity index (χ1) is 12.3. The molecule has 1 aliphatic rings. The summed E-state index contributed by atoms with van der Waals surface area (Å²) in [5.74, 6) is -0.187. The van der Waals surface area contributed by atoms with Crippen molar-refractivity contribution >= 4 is 17.5 Å².